The number of para-hydroxylation sites is 2. The maximum absolute atomic E-state index is 12.5. The van der Waals surface area contributed by atoms with E-state index in [1.54, 1.807) is 4.68 Å². The van der Waals surface area contributed by atoms with E-state index in [1.807, 2.05) is 48.5 Å². The minimum absolute atomic E-state index is 0.140. The molecular formula is C22H25N4O. The number of carbonyl (C=O) groups is 1. The van der Waals surface area contributed by atoms with Crippen LogP contribution in [-0.4, -0.2) is 15.8 Å². The molecule has 27 heavy (non-hydrogen) atoms. The summed E-state index contributed by atoms with van der Waals surface area (Å²) in [7, 11) is 0. The Morgan fingerprint density at radius 2 is 1.85 bits per heavy atom. The molecule has 0 saturated carbocycles. The summed E-state index contributed by atoms with van der Waals surface area (Å²) in [6.07, 6.45) is 0.854. The first-order valence-corrected chi connectivity index (χ1v) is 9.12. The number of aromatic nitrogens is 2. The van der Waals surface area contributed by atoms with E-state index >= 15 is 0 Å². The number of rotatable bonds is 4. The van der Waals surface area contributed by atoms with Crippen LogP contribution in [0.15, 0.2) is 54.6 Å². The molecule has 1 aromatic heterocycles. The van der Waals surface area contributed by atoms with Gasteiger partial charge in [-0.25, -0.2) is 9.48 Å². The quantitative estimate of drug-likeness (QED) is 0.673. The Hall–Kier alpha value is -3.08. The zero-order chi connectivity index (χ0) is 19.4. The molecule has 5 heteroatoms. The maximum atomic E-state index is 12.5. The number of amides is 2. The third-order valence-corrected chi connectivity index (χ3v) is 4.26. The third kappa shape index (κ3) is 4.37. The third-order valence-electron chi connectivity index (χ3n) is 4.26. The fraction of sp³-hybridized carbons (Fsp3) is 0.273. The van der Waals surface area contributed by atoms with Crippen molar-refractivity contribution in [1.29, 1.82) is 0 Å². The second-order valence-corrected chi connectivity index (χ2v) is 7.42. The Morgan fingerprint density at radius 1 is 1.11 bits per heavy atom. The van der Waals surface area contributed by atoms with Gasteiger partial charge in [0.1, 0.15) is 5.82 Å². The molecule has 0 atom stereocenters. The van der Waals surface area contributed by atoms with Gasteiger partial charge in [-0.05, 0) is 24.1 Å². The number of aryl methyl sites for hydroxylation is 1. The molecule has 2 N–H and O–H groups in total. The lowest BCUT2D eigenvalue weighted by Crippen LogP contribution is -2.21. The average Bonchev–Trinajstić information content (AvgIpc) is 3.06. The van der Waals surface area contributed by atoms with Gasteiger partial charge in [0.25, 0.3) is 0 Å². The second kappa shape index (κ2) is 7.66. The summed E-state index contributed by atoms with van der Waals surface area (Å²) in [5, 5.41) is 10.5. The van der Waals surface area contributed by atoms with E-state index < -0.39 is 0 Å². The molecule has 0 saturated heterocycles. The van der Waals surface area contributed by atoms with Crippen molar-refractivity contribution in [2.75, 3.05) is 10.6 Å². The van der Waals surface area contributed by atoms with E-state index in [0.717, 1.165) is 29.1 Å². The highest BCUT2D eigenvalue weighted by molar-refractivity contribution is 5.99. The highest BCUT2D eigenvalue weighted by atomic mass is 16.2. The zero-order valence-electron chi connectivity index (χ0n) is 16.2. The van der Waals surface area contributed by atoms with Crippen LogP contribution in [0.2, 0.25) is 0 Å². The number of nitrogens with zero attached hydrogens (tertiary/aromatic N) is 2. The van der Waals surface area contributed by atoms with Crippen LogP contribution in [0.4, 0.5) is 16.3 Å². The van der Waals surface area contributed by atoms with E-state index in [9.17, 15) is 4.79 Å². The molecular weight excluding hydrogens is 336 g/mol. The van der Waals surface area contributed by atoms with Crippen molar-refractivity contribution in [3.63, 3.8) is 0 Å². The molecule has 0 aliphatic rings. The first-order valence-electron chi connectivity index (χ1n) is 9.12. The summed E-state index contributed by atoms with van der Waals surface area (Å²) in [5.74, 6) is 0.616. The molecule has 0 aliphatic carbocycles. The van der Waals surface area contributed by atoms with Crippen molar-refractivity contribution in [3.8, 4) is 5.69 Å². The number of hydrogen-bond acceptors (Lipinski definition) is 2. The summed E-state index contributed by atoms with van der Waals surface area (Å²) >= 11 is 0. The molecule has 2 aromatic carbocycles. The van der Waals surface area contributed by atoms with Crippen molar-refractivity contribution in [2.24, 2.45) is 0 Å². The van der Waals surface area contributed by atoms with Crippen molar-refractivity contribution in [3.05, 3.63) is 71.9 Å². The normalized spacial score (nSPS) is 11.3. The van der Waals surface area contributed by atoms with Gasteiger partial charge >= 0.3 is 6.03 Å². The van der Waals surface area contributed by atoms with Gasteiger partial charge in [-0.2, -0.15) is 5.10 Å². The molecule has 3 aromatic rings. The van der Waals surface area contributed by atoms with Crippen molar-refractivity contribution in [1.82, 2.24) is 9.78 Å². The second-order valence-electron chi connectivity index (χ2n) is 7.42. The van der Waals surface area contributed by atoms with E-state index in [0.29, 0.717) is 5.82 Å². The zero-order valence-corrected chi connectivity index (χ0v) is 16.2. The van der Waals surface area contributed by atoms with Gasteiger partial charge in [0.15, 0.2) is 0 Å². The summed E-state index contributed by atoms with van der Waals surface area (Å²) in [5.41, 5.74) is 3.46. The van der Waals surface area contributed by atoms with Crippen LogP contribution in [0.3, 0.4) is 0 Å². The van der Waals surface area contributed by atoms with E-state index in [1.165, 1.54) is 0 Å². The van der Waals surface area contributed by atoms with Crippen molar-refractivity contribution >= 4 is 17.5 Å². The summed E-state index contributed by atoms with van der Waals surface area (Å²) < 4.78 is 1.77. The number of nitrogens with one attached hydrogen (secondary N) is 2. The fourth-order valence-corrected chi connectivity index (χ4v) is 2.75. The minimum Gasteiger partial charge on any atom is -0.308 e. The van der Waals surface area contributed by atoms with Gasteiger partial charge in [-0.1, -0.05) is 64.1 Å². The monoisotopic (exact) mass is 361 g/mol. The van der Waals surface area contributed by atoms with Crippen LogP contribution >= 0.6 is 0 Å². The van der Waals surface area contributed by atoms with Gasteiger partial charge in [-0.15, -0.1) is 0 Å². The molecule has 0 unspecified atom stereocenters. The summed E-state index contributed by atoms with van der Waals surface area (Å²) in [4.78, 5) is 12.5. The first kappa shape index (κ1) is 18.7. The van der Waals surface area contributed by atoms with Gasteiger partial charge < -0.3 is 5.32 Å². The Balaban J connectivity index is 1.96. The number of hydrogen-bond donors (Lipinski definition) is 2. The van der Waals surface area contributed by atoms with E-state index in [-0.39, 0.29) is 11.4 Å². The molecule has 0 aliphatic heterocycles. The molecule has 139 valence electrons. The van der Waals surface area contributed by atoms with Gasteiger partial charge in [-0.3, -0.25) is 5.32 Å². The largest absolute Gasteiger partial charge is 0.324 e. The molecule has 5 nitrogen and oxygen atoms in total. The Morgan fingerprint density at radius 3 is 2.52 bits per heavy atom. The van der Waals surface area contributed by atoms with Crippen LogP contribution < -0.4 is 10.6 Å². The number of anilines is 2. The smallest absolute Gasteiger partial charge is 0.308 e. The van der Waals surface area contributed by atoms with Crippen molar-refractivity contribution in [2.45, 2.75) is 39.5 Å². The SMILES string of the molecule is CCc1ccc[c]c1-n1nc(C(C)(C)C)cc1NC(=O)Nc1ccccc1. The van der Waals surface area contributed by atoms with Crippen molar-refractivity contribution < 1.29 is 4.79 Å². The fourth-order valence-electron chi connectivity index (χ4n) is 2.75. The van der Waals surface area contributed by atoms with Gasteiger partial charge in [0.05, 0.1) is 11.4 Å². The first-order chi connectivity index (χ1) is 12.9. The topological polar surface area (TPSA) is 59.0 Å². The number of urea groups is 1. The van der Waals surface area contributed by atoms with Gasteiger partial charge in [0.2, 0.25) is 0 Å². The van der Waals surface area contributed by atoms with Crippen LogP contribution in [0.1, 0.15) is 39.0 Å². The van der Waals surface area contributed by atoms with Crippen LogP contribution in [-0.2, 0) is 11.8 Å². The minimum atomic E-state index is -0.309. The highest BCUT2D eigenvalue weighted by Gasteiger charge is 2.22. The highest BCUT2D eigenvalue weighted by Crippen LogP contribution is 2.27. The Kier molecular flexibility index (Phi) is 5.31. The lowest BCUT2D eigenvalue weighted by molar-refractivity contribution is 0.262. The van der Waals surface area contributed by atoms with Crippen LogP contribution in [0, 0.1) is 6.07 Å². The lowest BCUT2D eigenvalue weighted by Gasteiger charge is -2.14. The van der Waals surface area contributed by atoms with Crippen LogP contribution in [0.25, 0.3) is 5.69 Å². The molecule has 0 bridgehead atoms. The Bertz CT molecular complexity index is 923. The maximum Gasteiger partial charge on any atom is 0.324 e. The molecule has 0 fully saturated rings. The predicted octanol–water partition coefficient (Wildman–Crippen LogP) is 5.18. The van der Waals surface area contributed by atoms with Crippen LogP contribution in [0.5, 0.6) is 0 Å². The van der Waals surface area contributed by atoms with E-state index in [2.05, 4.69) is 50.5 Å². The average molecular weight is 361 g/mol. The molecule has 0 spiro atoms. The van der Waals surface area contributed by atoms with Gasteiger partial charge in [0, 0.05) is 23.2 Å². The molecule has 2 amide bonds. The Labute approximate surface area is 160 Å². The van der Waals surface area contributed by atoms with E-state index in [4.69, 9.17) is 5.10 Å². The standard InChI is InChI=1S/C22H25N4O/c1-5-16-11-9-10-14-18(16)26-20(15-19(25-26)22(2,3)4)24-21(27)23-17-12-7-6-8-13-17/h6-13,15H,5H2,1-4H3,(H2,23,24,27). The number of carbonyl (C=O) groups excluding carboxylic acids is 1. The molecule has 1 heterocycles. The predicted molar refractivity (Wildman–Crippen MR) is 110 cm³/mol. The lowest BCUT2D eigenvalue weighted by atomic mass is 9.92. The summed E-state index contributed by atoms with van der Waals surface area (Å²) in [6.45, 7) is 8.39. The molecule has 1 radical (unpaired) electrons. The number of benzene rings is 2. The molecule has 3 rings (SSSR count). The summed E-state index contributed by atoms with van der Waals surface area (Å²) in [6, 6.07) is 20.1.